The van der Waals surface area contributed by atoms with E-state index in [4.69, 9.17) is 0 Å². The lowest BCUT2D eigenvalue weighted by molar-refractivity contribution is -0.117. The van der Waals surface area contributed by atoms with Gasteiger partial charge in [-0.1, -0.05) is 80.1 Å². The van der Waals surface area contributed by atoms with Crippen LogP contribution in [-0.2, 0) is 30.5 Å². The molecule has 1 heteroatoms. The van der Waals surface area contributed by atoms with Gasteiger partial charge < -0.3 is 4.79 Å². The Morgan fingerprint density at radius 2 is 1.55 bits per heavy atom. The van der Waals surface area contributed by atoms with E-state index in [1.165, 1.54) is 45.4 Å². The van der Waals surface area contributed by atoms with Crippen LogP contribution in [0.4, 0.5) is 0 Å². The molecule has 0 aliphatic rings. The van der Waals surface area contributed by atoms with Crippen LogP contribution < -0.4 is 0 Å². The predicted octanol–water partition coefficient (Wildman–Crippen LogP) is 7.70. The van der Waals surface area contributed by atoms with Crippen molar-refractivity contribution in [2.24, 2.45) is 0 Å². The van der Waals surface area contributed by atoms with Gasteiger partial charge in [-0.3, -0.25) is 0 Å². The molecule has 0 aliphatic carbocycles. The van der Waals surface area contributed by atoms with Crippen molar-refractivity contribution in [2.45, 2.75) is 72.1 Å². The summed E-state index contributed by atoms with van der Waals surface area (Å²) in [6.45, 7) is 6.20. The summed E-state index contributed by atoms with van der Waals surface area (Å²) in [5.74, 6) is 0.308. The first-order valence-corrected chi connectivity index (χ1v) is 11.8. The monoisotopic (exact) mass is 412 g/mol. The lowest BCUT2D eigenvalue weighted by Gasteiger charge is -2.13. The molecule has 3 aromatic rings. The van der Waals surface area contributed by atoms with Crippen molar-refractivity contribution in [3.63, 3.8) is 0 Å². The molecule has 0 bridgehead atoms. The van der Waals surface area contributed by atoms with Crippen molar-refractivity contribution in [3.05, 3.63) is 94.5 Å². The summed E-state index contributed by atoms with van der Waals surface area (Å²) in [5, 5.41) is 0. The fourth-order valence-corrected chi connectivity index (χ4v) is 4.44. The van der Waals surface area contributed by atoms with Crippen LogP contribution in [0.15, 0.2) is 66.7 Å². The molecule has 0 fully saturated rings. The Bertz CT molecular complexity index is 985. The molecule has 0 radical (unpaired) electrons. The minimum atomic E-state index is 0.308. The number of benzene rings is 3. The standard InChI is InChI=1S/C30H36O/c1-4-26-22-25(19-21-28(26)13-8-5-7-12-23(2)31)18-20-27-16-11-17-30(24(27)3)29-14-9-6-10-15-29/h6,9-11,14-17,19,21-22H,4-5,7-8,12-13,18,20H2,1-3H3. The second kappa shape index (κ2) is 11.6. The van der Waals surface area contributed by atoms with Crippen molar-refractivity contribution in [1.29, 1.82) is 0 Å². The van der Waals surface area contributed by atoms with E-state index < -0.39 is 0 Å². The third-order valence-corrected chi connectivity index (χ3v) is 6.34. The maximum atomic E-state index is 11.1. The molecule has 0 amide bonds. The van der Waals surface area contributed by atoms with Gasteiger partial charge in [0.25, 0.3) is 0 Å². The number of hydrogen-bond acceptors (Lipinski definition) is 1. The Kier molecular flexibility index (Phi) is 8.64. The van der Waals surface area contributed by atoms with Crippen LogP contribution in [-0.4, -0.2) is 5.78 Å². The quantitative estimate of drug-likeness (QED) is 0.295. The average Bonchev–Trinajstić information content (AvgIpc) is 2.79. The van der Waals surface area contributed by atoms with Gasteiger partial charge in [0.2, 0.25) is 0 Å². The number of rotatable bonds is 11. The smallest absolute Gasteiger partial charge is 0.129 e. The molecule has 0 aromatic heterocycles. The zero-order valence-electron chi connectivity index (χ0n) is 19.4. The van der Waals surface area contributed by atoms with Crippen LogP contribution in [0.3, 0.4) is 0 Å². The lowest BCUT2D eigenvalue weighted by Crippen LogP contribution is -1.99. The van der Waals surface area contributed by atoms with E-state index in [1.54, 1.807) is 6.92 Å². The molecule has 31 heavy (non-hydrogen) atoms. The molecule has 0 aliphatic heterocycles. The Hall–Kier alpha value is -2.67. The van der Waals surface area contributed by atoms with Crippen molar-refractivity contribution >= 4 is 5.78 Å². The summed E-state index contributed by atoms with van der Waals surface area (Å²) in [5.41, 5.74) is 9.87. The van der Waals surface area contributed by atoms with Gasteiger partial charge in [-0.15, -0.1) is 0 Å². The second-order valence-electron chi connectivity index (χ2n) is 8.68. The van der Waals surface area contributed by atoms with Crippen molar-refractivity contribution < 1.29 is 4.79 Å². The predicted molar refractivity (Wildman–Crippen MR) is 133 cm³/mol. The summed E-state index contributed by atoms with van der Waals surface area (Å²) in [6.07, 6.45) is 8.41. The maximum absolute atomic E-state index is 11.1. The summed E-state index contributed by atoms with van der Waals surface area (Å²) in [6, 6.07) is 24.5. The van der Waals surface area contributed by atoms with E-state index in [2.05, 4.69) is 80.6 Å². The van der Waals surface area contributed by atoms with Crippen molar-refractivity contribution in [1.82, 2.24) is 0 Å². The number of carbonyl (C=O) groups is 1. The Balaban J connectivity index is 1.62. The number of carbonyl (C=O) groups excluding carboxylic acids is 1. The third-order valence-electron chi connectivity index (χ3n) is 6.34. The molecule has 3 rings (SSSR count). The van der Waals surface area contributed by atoms with Crippen LogP contribution >= 0.6 is 0 Å². The van der Waals surface area contributed by atoms with E-state index in [0.29, 0.717) is 5.78 Å². The Morgan fingerprint density at radius 1 is 0.742 bits per heavy atom. The number of unbranched alkanes of at least 4 members (excludes halogenated alkanes) is 2. The lowest BCUT2D eigenvalue weighted by atomic mass is 9.92. The highest BCUT2D eigenvalue weighted by Crippen LogP contribution is 2.26. The van der Waals surface area contributed by atoms with E-state index in [-0.39, 0.29) is 0 Å². The molecular weight excluding hydrogens is 376 g/mol. The van der Waals surface area contributed by atoms with Crippen molar-refractivity contribution in [3.8, 4) is 11.1 Å². The number of hydrogen-bond donors (Lipinski definition) is 0. The summed E-state index contributed by atoms with van der Waals surface area (Å²) < 4.78 is 0. The first-order valence-electron chi connectivity index (χ1n) is 11.8. The summed E-state index contributed by atoms with van der Waals surface area (Å²) in [4.78, 5) is 11.1. The number of ketones is 1. The molecule has 1 nitrogen and oxygen atoms in total. The minimum absolute atomic E-state index is 0.308. The zero-order valence-corrected chi connectivity index (χ0v) is 19.4. The van der Waals surface area contributed by atoms with Gasteiger partial charge in [0, 0.05) is 6.42 Å². The zero-order chi connectivity index (χ0) is 22.1. The largest absolute Gasteiger partial charge is 0.300 e. The van der Waals surface area contributed by atoms with E-state index in [1.807, 2.05) is 0 Å². The molecule has 3 aromatic carbocycles. The highest BCUT2D eigenvalue weighted by molar-refractivity contribution is 5.75. The third kappa shape index (κ3) is 6.66. The van der Waals surface area contributed by atoms with Gasteiger partial charge >= 0.3 is 0 Å². The first kappa shape index (κ1) is 23.0. The van der Waals surface area contributed by atoms with Crippen LogP contribution in [0.2, 0.25) is 0 Å². The highest BCUT2D eigenvalue weighted by atomic mass is 16.1. The average molecular weight is 413 g/mol. The van der Waals surface area contributed by atoms with E-state index in [9.17, 15) is 4.79 Å². The molecule has 0 saturated carbocycles. The molecule has 0 heterocycles. The van der Waals surface area contributed by atoms with E-state index >= 15 is 0 Å². The Labute approximate surface area is 188 Å². The molecule has 0 atom stereocenters. The number of aryl methyl sites for hydroxylation is 4. The molecule has 162 valence electrons. The van der Waals surface area contributed by atoms with Gasteiger partial charge in [0.15, 0.2) is 0 Å². The summed E-state index contributed by atoms with van der Waals surface area (Å²) >= 11 is 0. The minimum Gasteiger partial charge on any atom is -0.300 e. The van der Waals surface area contributed by atoms with Gasteiger partial charge in [0.05, 0.1) is 0 Å². The topological polar surface area (TPSA) is 17.1 Å². The molecule has 0 unspecified atom stereocenters. The summed E-state index contributed by atoms with van der Waals surface area (Å²) in [7, 11) is 0. The normalized spacial score (nSPS) is 10.9. The maximum Gasteiger partial charge on any atom is 0.129 e. The second-order valence-corrected chi connectivity index (χ2v) is 8.68. The highest BCUT2D eigenvalue weighted by Gasteiger charge is 2.08. The van der Waals surface area contributed by atoms with Gasteiger partial charge in [-0.25, -0.2) is 0 Å². The SMILES string of the molecule is CCc1cc(CCc2cccc(-c3ccccc3)c2C)ccc1CCCCCC(C)=O. The number of Topliss-reactive ketones (excluding diaryl/α,β-unsaturated/α-hetero) is 1. The van der Waals surface area contributed by atoms with Crippen LogP contribution in [0.25, 0.3) is 11.1 Å². The fourth-order valence-electron chi connectivity index (χ4n) is 4.44. The first-order chi connectivity index (χ1) is 15.1. The van der Waals surface area contributed by atoms with Crippen molar-refractivity contribution in [2.75, 3.05) is 0 Å². The van der Waals surface area contributed by atoms with Crippen LogP contribution in [0, 0.1) is 6.92 Å². The van der Waals surface area contributed by atoms with Crippen LogP contribution in [0.5, 0.6) is 0 Å². The molecular formula is C30H36O. The Morgan fingerprint density at radius 3 is 2.29 bits per heavy atom. The van der Waals surface area contributed by atoms with Gasteiger partial charge in [-0.2, -0.15) is 0 Å². The van der Waals surface area contributed by atoms with Crippen LogP contribution in [0.1, 0.15) is 67.3 Å². The molecule has 0 N–H and O–H groups in total. The molecule has 0 saturated heterocycles. The van der Waals surface area contributed by atoms with Gasteiger partial charge in [0.1, 0.15) is 5.78 Å². The van der Waals surface area contributed by atoms with Gasteiger partial charge in [-0.05, 0) is 91.3 Å². The fraction of sp³-hybridized carbons (Fsp3) is 0.367. The molecule has 0 spiro atoms. The van der Waals surface area contributed by atoms with E-state index in [0.717, 1.165) is 44.9 Å².